The molecule has 148 valence electrons. The number of carbonyl (C=O) groups excluding carboxylic acids is 2. The van der Waals surface area contributed by atoms with Crippen LogP contribution in [0.15, 0.2) is 48.5 Å². The van der Waals surface area contributed by atoms with Gasteiger partial charge in [0, 0.05) is 12.1 Å². The third kappa shape index (κ3) is 7.52. The lowest BCUT2D eigenvalue weighted by molar-refractivity contribution is -0.384. The lowest BCUT2D eigenvalue weighted by atomic mass is 10.2. The summed E-state index contributed by atoms with van der Waals surface area (Å²) in [6.45, 7) is 1.52. The summed E-state index contributed by atoms with van der Waals surface area (Å²) in [6.07, 6.45) is 0. The first-order valence-electron chi connectivity index (χ1n) is 8.32. The molecule has 9 heteroatoms. The fourth-order valence-corrected chi connectivity index (χ4v) is 1.99. The quantitative estimate of drug-likeness (QED) is 0.200. The normalized spacial score (nSPS) is 10.3. The Kier molecular flexibility index (Phi) is 8.07. The van der Waals surface area contributed by atoms with Gasteiger partial charge >= 0.3 is 11.9 Å². The monoisotopic (exact) mass is 389 g/mol. The predicted octanol–water partition coefficient (Wildman–Crippen LogP) is 2.45. The highest BCUT2D eigenvalue weighted by Crippen LogP contribution is 2.17. The van der Waals surface area contributed by atoms with E-state index in [2.05, 4.69) is 0 Å². The summed E-state index contributed by atoms with van der Waals surface area (Å²) in [5, 5.41) is 10.5. The molecule has 2 rings (SSSR count). The van der Waals surface area contributed by atoms with Gasteiger partial charge in [0.1, 0.15) is 24.7 Å². The van der Waals surface area contributed by atoms with Crippen molar-refractivity contribution in [1.29, 1.82) is 0 Å². The van der Waals surface area contributed by atoms with Crippen LogP contribution in [0.1, 0.15) is 5.56 Å². The van der Waals surface area contributed by atoms with E-state index in [1.807, 2.05) is 19.1 Å². The van der Waals surface area contributed by atoms with Crippen LogP contribution in [0, 0.1) is 17.0 Å². The Bertz CT molecular complexity index is 802. The van der Waals surface area contributed by atoms with Crippen LogP contribution in [0.4, 0.5) is 5.69 Å². The van der Waals surface area contributed by atoms with Gasteiger partial charge in [-0.05, 0) is 31.2 Å². The molecule has 0 aliphatic rings. The van der Waals surface area contributed by atoms with E-state index in [4.69, 9.17) is 18.9 Å². The van der Waals surface area contributed by atoms with Crippen molar-refractivity contribution < 1.29 is 33.5 Å². The Morgan fingerprint density at radius 1 is 0.821 bits per heavy atom. The molecule has 0 aliphatic heterocycles. The number of hydrogen-bond acceptors (Lipinski definition) is 8. The molecule has 0 spiro atoms. The molecule has 0 aliphatic carbocycles. The molecule has 2 aromatic carbocycles. The number of nitro groups is 1. The number of esters is 2. The maximum Gasteiger partial charge on any atom is 0.337 e. The molecule has 0 radical (unpaired) electrons. The molecule has 0 fully saturated rings. The van der Waals surface area contributed by atoms with Crippen molar-refractivity contribution >= 4 is 17.6 Å². The topological polar surface area (TPSA) is 114 Å². The minimum absolute atomic E-state index is 0.0766. The van der Waals surface area contributed by atoms with Crippen molar-refractivity contribution in [1.82, 2.24) is 0 Å². The van der Waals surface area contributed by atoms with Crippen molar-refractivity contribution in [2.24, 2.45) is 0 Å². The highest BCUT2D eigenvalue weighted by molar-refractivity contribution is 5.74. The van der Waals surface area contributed by atoms with E-state index in [1.54, 1.807) is 12.1 Å². The van der Waals surface area contributed by atoms with Gasteiger partial charge in [0.15, 0.2) is 0 Å². The molecule has 28 heavy (non-hydrogen) atoms. The maximum absolute atomic E-state index is 11.6. The van der Waals surface area contributed by atoms with E-state index in [0.29, 0.717) is 5.75 Å². The number of hydrogen-bond donors (Lipinski definition) is 0. The van der Waals surface area contributed by atoms with Crippen LogP contribution >= 0.6 is 0 Å². The summed E-state index contributed by atoms with van der Waals surface area (Å²) in [4.78, 5) is 33.2. The molecule has 0 aromatic heterocycles. The van der Waals surface area contributed by atoms with E-state index in [0.717, 1.165) is 5.56 Å². The van der Waals surface area contributed by atoms with Gasteiger partial charge in [0.05, 0.1) is 18.1 Å². The van der Waals surface area contributed by atoms with Crippen molar-refractivity contribution in [3.05, 3.63) is 64.2 Å². The van der Waals surface area contributed by atoms with Gasteiger partial charge < -0.3 is 18.9 Å². The minimum Gasteiger partial charge on any atom is -0.425 e. The molecule has 0 amide bonds. The summed E-state index contributed by atoms with van der Waals surface area (Å²) in [7, 11) is 0. The van der Waals surface area contributed by atoms with E-state index in [9.17, 15) is 19.7 Å². The van der Waals surface area contributed by atoms with Crippen LogP contribution in [0.3, 0.4) is 0 Å². The van der Waals surface area contributed by atoms with Crippen LogP contribution in [0.2, 0.25) is 0 Å². The molecule has 0 atom stereocenters. The van der Waals surface area contributed by atoms with Gasteiger partial charge in [0.2, 0.25) is 0 Å². The van der Waals surface area contributed by atoms with Crippen LogP contribution < -0.4 is 9.47 Å². The molecular formula is C19H19NO8. The highest BCUT2D eigenvalue weighted by atomic mass is 16.6. The summed E-state index contributed by atoms with van der Waals surface area (Å²) in [5.41, 5.74) is 0.953. The first-order chi connectivity index (χ1) is 13.4. The Labute approximate surface area is 160 Å². The number of nitro benzene ring substituents is 1. The number of non-ortho nitro benzene ring substituents is 1. The van der Waals surface area contributed by atoms with Gasteiger partial charge in [0.25, 0.3) is 5.69 Å². The molecular weight excluding hydrogens is 370 g/mol. The number of aryl methyl sites for hydroxylation is 1. The van der Waals surface area contributed by atoms with Crippen molar-refractivity contribution in [3.8, 4) is 11.5 Å². The molecule has 0 heterocycles. The first-order valence-corrected chi connectivity index (χ1v) is 8.32. The Morgan fingerprint density at radius 3 is 1.68 bits per heavy atom. The third-order valence-electron chi connectivity index (χ3n) is 3.34. The van der Waals surface area contributed by atoms with Gasteiger partial charge in [-0.3, -0.25) is 10.1 Å². The van der Waals surface area contributed by atoms with E-state index >= 15 is 0 Å². The number of rotatable bonds is 10. The zero-order valence-corrected chi connectivity index (χ0v) is 15.2. The van der Waals surface area contributed by atoms with Crippen molar-refractivity contribution in [3.63, 3.8) is 0 Å². The second-order valence-corrected chi connectivity index (χ2v) is 5.62. The fraction of sp³-hybridized carbons (Fsp3) is 0.263. The molecule has 2 aromatic rings. The second kappa shape index (κ2) is 10.8. The summed E-state index contributed by atoms with van der Waals surface area (Å²) >= 11 is 0. The smallest absolute Gasteiger partial charge is 0.337 e. The Balaban J connectivity index is 1.55. The van der Waals surface area contributed by atoms with Crippen molar-refractivity contribution in [2.45, 2.75) is 6.92 Å². The number of nitrogens with zero attached hydrogens (tertiary/aromatic N) is 1. The van der Waals surface area contributed by atoms with E-state index < -0.39 is 16.9 Å². The molecule has 0 saturated heterocycles. The summed E-state index contributed by atoms with van der Waals surface area (Å²) in [6, 6.07) is 12.1. The second-order valence-electron chi connectivity index (χ2n) is 5.62. The number of ether oxygens (including phenoxy) is 4. The van der Waals surface area contributed by atoms with E-state index in [1.165, 1.54) is 24.3 Å². The predicted molar refractivity (Wildman–Crippen MR) is 97.2 cm³/mol. The SMILES string of the molecule is Cc1ccc(OC(=O)COCCOCC(=O)Oc2ccc([N+](=O)[O-])cc2)cc1. The molecule has 0 bridgehead atoms. The minimum atomic E-state index is -0.660. The van der Waals surface area contributed by atoms with E-state index in [-0.39, 0.29) is 37.9 Å². The molecule has 0 saturated carbocycles. The first kappa shape index (κ1) is 21.0. The standard InChI is InChI=1S/C19H19NO8/c1-14-2-6-16(7-3-14)27-18(21)12-25-10-11-26-13-19(22)28-17-8-4-15(5-9-17)20(23)24/h2-9H,10-13H2,1H3. The lowest BCUT2D eigenvalue weighted by Gasteiger charge is -2.07. The molecule has 9 nitrogen and oxygen atoms in total. The lowest BCUT2D eigenvalue weighted by Crippen LogP contribution is -2.20. The maximum atomic E-state index is 11.6. The van der Waals surface area contributed by atoms with Gasteiger partial charge in [-0.2, -0.15) is 0 Å². The summed E-state index contributed by atoms with van der Waals surface area (Å²) in [5.74, 6) is -0.590. The molecule has 0 unspecified atom stereocenters. The Morgan fingerprint density at radius 2 is 1.25 bits per heavy atom. The summed E-state index contributed by atoms with van der Waals surface area (Å²) < 4.78 is 20.2. The number of carbonyl (C=O) groups is 2. The highest BCUT2D eigenvalue weighted by Gasteiger charge is 2.09. The largest absolute Gasteiger partial charge is 0.425 e. The third-order valence-corrected chi connectivity index (χ3v) is 3.34. The van der Waals surface area contributed by atoms with Crippen LogP contribution in [-0.4, -0.2) is 43.3 Å². The van der Waals surface area contributed by atoms with Crippen molar-refractivity contribution in [2.75, 3.05) is 26.4 Å². The van der Waals surface area contributed by atoms with Crippen LogP contribution in [0.5, 0.6) is 11.5 Å². The Hall–Kier alpha value is -3.30. The zero-order chi connectivity index (χ0) is 20.4. The fourth-order valence-electron chi connectivity index (χ4n) is 1.99. The van der Waals surface area contributed by atoms with Crippen LogP contribution in [-0.2, 0) is 19.1 Å². The molecule has 0 N–H and O–H groups in total. The van der Waals surface area contributed by atoms with Gasteiger partial charge in [-0.15, -0.1) is 0 Å². The average molecular weight is 389 g/mol. The van der Waals surface area contributed by atoms with Crippen LogP contribution in [0.25, 0.3) is 0 Å². The van der Waals surface area contributed by atoms with Gasteiger partial charge in [-0.1, -0.05) is 17.7 Å². The zero-order valence-electron chi connectivity index (χ0n) is 15.2. The van der Waals surface area contributed by atoms with Gasteiger partial charge in [-0.25, -0.2) is 9.59 Å². The average Bonchev–Trinajstić information content (AvgIpc) is 2.67. The number of benzene rings is 2.